The Hall–Kier alpha value is -3.36. The molecule has 12 fully saturated rings. The quantitative estimate of drug-likeness (QED) is 0.0166. The van der Waals surface area contributed by atoms with Crippen LogP contribution in [-0.4, -0.2) is 420 Å². The van der Waals surface area contributed by atoms with Crippen LogP contribution in [0.2, 0.25) is 0 Å². The highest BCUT2D eigenvalue weighted by Gasteiger charge is 2.74. The maximum atomic E-state index is 16.7. The van der Waals surface area contributed by atoms with Gasteiger partial charge in [-0.2, -0.15) is 0 Å². The van der Waals surface area contributed by atoms with Crippen LogP contribution >= 0.6 is 0 Å². The molecule has 5 aliphatic carbocycles. The largest absolute Gasteiger partial charge is 0.458 e. The first-order chi connectivity index (χ1) is 59.9. The standard InChI is InChI=1S/C86H138O42/c1-14-82(10,128-76-64(108)56(100)49(93)33(3)115-76)21-15-16-36(27-87)70(110)121-47-26-86(79(111)127-78-69(59(103)52(96)40(28-88)119-78)126-75-65(109)67(124-72-62(106)55(99)48(92)32(2)114-72)66(35(5)117-75)123-74-61(105)53(97)41(29-89)118-74)38(24-80(47,6)7)37-17-18-44-83(11)22-20-46(81(8,9)43(83)19-23-84(44,12)85(37,13)25-45(86)91)122-73-63(107)57(101)54(98)42(120-73)31-113-77-68(58(102)50(94)34(4)116-77)125-71-60(104)51(95)39(90)30-112-71/h14,16-17,32-35,38-69,71-78,87-109H,1,15,18-31H2,2-13H3/b36-16+/t32-,33-,34-,35+,38+,39-,40-,41+,42-,43+,44-,45-,46+,47+,48-,49-,50+,51+,52-,53+,54-,55+,56+,57+,58+,59+,60-,61-,62-,63-,64-,65-,66+,67+,68-,69-,71+,72+,73+,74+,75+,76+,77-,78+,82-,83+,84-,85-,86-/m1/s1. The van der Waals surface area contributed by atoms with E-state index in [-0.39, 0.29) is 43.1 Å². The fourth-order valence-corrected chi connectivity index (χ4v) is 23.0. The molecule has 128 heavy (non-hydrogen) atoms. The predicted molar refractivity (Wildman–Crippen MR) is 428 cm³/mol. The maximum Gasteiger partial charge on any atom is 0.336 e. The zero-order valence-corrected chi connectivity index (χ0v) is 74.0. The van der Waals surface area contributed by atoms with Crippen LogP contribution in [0.25, 0.3) is 0 Å². The van der Waals surface area contributed by atoms with Crippen molar-refractivity contribution in [2.24, 2.45) is 50.2 Å². The Balaban J connectivity index is 0.787. The van der Waals surface area contributed by atoms with Gasteiger partial charge < -0.3 is 198 Å². The van der Waals surface area contributed by atoms with Gasteiger partial charge in [0.1, 0.15) is 164 Å². The predicted octanol–water partition coefficient (Wildman–Crippen LogP) is -6.22. The molecule has 734 valence electrons. The summed E-state index contributed by atoms with van der Waals surface area (Å²) in [6.45, 7) is 21.6. The number of carbonyl (C=O) groups is 2. The van der Waals surface area contributed by atoms with Gasteiger partial charge >= 0.3 is 11.9 Å². The van der Waals surface area contributed by atoms with Gasteiger partial charge in [-0.05, 0) is 132 Å². The minimum Gasteiger partial charge on any atom is -0.458 e. The first-order valence-electron chi connectivity index (χ1n) is 44.6. The van der Waals surface area contributed by atoms with Crippen molar-refractivity contribution in [2.75, 3.05) is 33.0 Å². The Bertz CT molecular complexity index is 3830. The summed E-state index contributed by atoms with van der Waals surface area (Å²) < 4.78 is 104. The number of esters is 2. The van der Waals surface area contributed by atoms with Gasteiger partial charge in [-0.25, -0.2) is 4.79 Å². The molecular formula is C86H138O42. The molecule has 0 bridgehead atoms. The van der Waals surface area contributed by atoms with Gasteiger partial charge in [0.2, 0.25) is 6.29 Å². The summed E-state index contributed by atoms with van der Waals surface area (Å²) in [7, 11) is 0. The number of hydrogen-bond donors (Lipinski definition) is 23. The van der Waals surface area contributed by atoms with E-state index in [1.165, 1.54) is 39.8 Å². The molecule has 0 aromatic carbocycles. The van der Waals surface area contributed by atoms with Crippen molar-refractivity contribution in [3.63, 3.8) is 0 Å². The average Bonchev–Trinajstić information content (AvgIpc) is 0.667. The summed E-state index contributed by atoms with van der Waals surface area (Å²) in [5.41, 5.74) is -7.11. The molecule has 0 aromatic rings. The number of rotatable bonds is 26. The lowest BCUT2D eigenvalue weighted by molar-refractivity contribution is -0.389. The summed E-state index contributed by atoms with van der Waals surface area (Å²) >= 11 is 0. The van der Waals surface area contributed by atoms with Gasteiger partial charge in [-0.15, -0.1) is 6.58 Å². The molecular weight excluding hydrogens is 1700 g/mol. The third-order valence-electron chi connectivity index (χ3n) is 31.4. The van der Waals surface area contributed by atoms with E-state index < -0.39 is 347 Å². The van der Waals surface area contributed by atoms with E-state index >= 15 is 4.79 Å². The number of fused-ring (bicyclic) bond motifs is 7. The number of ether oxygens (including phenoxy) is 17. The summed E-state index contributed by atoms with van der Waals surface area (Å²) in [4.78, 5) is 31.6. The zero-order valence-electron chi connectivity index (χ0n) is 74.0. The Labute approximate surface area is 740 Å². The summed E-state index contributed by atoms with van der Waals surface area (Å²) in [6.07, 6.45) is -61.7. The molecule has 0 unspecified atom stereocenters. The van der Waals surface area contributed by atoms with Crippen molar-refractivity contribution in [1.29, 1.82) is 0 Å². The number of hydrogen-bond acceptors (Lipinski definition) is 42. The van der Waals surface area contributed by atoms with Crippen molar-refractivity contribution < 1.29 is 208 Å². The molecule has 42 heteroatoms. The van der Waals surface area contributed by atoms with E-state index in [2.05, 4.69) is 33.4 Å². The molecule has 49 atom stereocenters. The first kappa shape index (κ1) is 102. The zero-order chi connectivity index (χ0) is 94.0. The fraction of sp³-hybridized carbons (Fsp3) is 0.907. The lowest BCUT2D eigenvalue weighted by atomic mass is 9.33. The topological polar surface area (TPSA) is 656 Å². The summed E-state index contributed by atoms with van der Waals surface area (Å²) in [5, 5.41) is 257. The molecule has 8 aliphatic heterocycles. The van der Waals surface area contributed by atoms with Crippen LogP contribution in [0, 0.1) is 50.2 Å². The van der Waals surface area contributed by atoms with Crippen molar-refractivity contribution >= 4 is 11.9 Å². The molecule has 13 aliphatic rings. The molecule has 0 radical (unpaired) electrons. The minimum atomic E-state index is -2.23. The number of aliphatic hydroxyl groups is 23. The number of allylic oxidation sites excluding steroid dienone is 3. The van der Waals surface area contributed by atoms with Crippen molar-refractivity contribution in [3.8, 4) is 0 Å². The highest BCUT2D eigenvalue weighted by Crippen LogP contribution is 2.76. The molecule has 8 heterocycles. The maximum absolute atomic E-state index is 16.7. The molecule has 0 spiro atoms. The Morgan fingerprint density at radius 3 is 1.60 bits per heavy atom. The van der Waals surface area contributed by atoms with E-state index in [0.717, 1.165) is 5.57 Å². The van der Waals surface area contributed by atoms with Gasteiger partial charge in [-0.3, -0.25) is 4.79 Å². The van der Waals surface area contributed by atoms with Crippen LogP contribution in [0.4, 0.5) is 0 Å². The molecule has 13 rings (SSSR count). The van der Waals surface area contributed by atoms with E-state index in [1.807, 2.05) is 27.7 Å². The third-order valence-corrected chi connectivity index (χ3v) is 31.4. The molecule has 0 aromatic heterocycles. The highest BCUT2D eigenvalue weighted by atomic mass is 16.8. The van der Waals surface area contributed by atoms with Crippen molar-refractivity contribution in [2.45, 2.75) is 405 Å². The van der Waals surface area contributed by atoms with Gasteiger partial charge in [0.05, 0.1) is 80.8 Å². The van der Waals surface area contributed by atoms with Crippen LogP contribution in [-0.2, 0) is 90.1 Å². The number of carbonyl (C=O) groups excluding carboxylic acids is 2. The lowest BCUT2D eigenvalue weighted by Gasteiger charge is -2.72. The lowest BCUT2D eigenvalue weighted by Crippen LogP contribution is -2.70. The van der Waals surface area contributed by atoms with Crippen LogP contribution in [0.15, 0.2) is 36.0 Å². The smallest absolute Gasteiger partial charge is 0.336 e. The average molecular weight is 1840 g/mol. The first-order valence-corrected chi connectivity index (χ1v) is 44.6. The fourth-order valence-electron chi connectivity index (χ4n) is 23.0. The van der Waals surface area contributed by atoms with Gasteiger partial charge in [0, 0.05) is 11.8 Å². The van der Waals surface area contributed by atoms with Gasteiger partial charge in [-0.1, -0.05) is 72.3 Å². The van der Waals surface area contributed by atoms with E-state index in [9.17, 15) is 122 Å². The van der Waals surface area contributed by atoms with Gasteiger partial charge in [0.15, 0.2) is 50.1 Å². The molecule has 8 saturated heterocycles. The van der Waals surface area contributed by atoms with Crippen molar-refractivity contribution in [1.82, 2.24) is 0 Å². The summed E-state index contributed by atoms with van der Waals surface area (Å²) in [5.74, 6) is -3.59. The van der Waals surface area contributed by atoms with Gasteiger partial charge in [0.25, 0.3) is 0 Å². The molecule has 0 amide bonds. The second-order valence-corrected chi connectivity index (χ2v) is 40.0. The van der Waals surface area contributed by atoms with Crippen LogP contribution in [0.5, 0.6) is 0 Å². The van der Waals surface area contributed by atoms with E-state index in [0.29, 0.717) is 32.1 Å². The second kappa shape index (κ2) is 39.3. The van der Waals surface area contributed by atoms with E-state index in [1.54, 1.807) is 6.92 Å². The summed E-state index contributed by atoms with van der Waals surface area (Å²) in [6, 6.07) is 0. The van der Waals surface area contributed by atoms with Crippen molar-refractivity contribution in [3.05, 3.63) is 36.0 Å². The molecule has 4 saturated carbocycles. The second-order valence-electron chi connectivity index (χ2n) is 40.0. The minimum absolute atomic E-state index is 0.00649. The highest BCUT2D eigenvalue weighted by molar-refractivity contribution is 5.89. The van der Waals surface area contributed by atoms with Crippen LogP contribution in [0.3, 0.4) is 0 Å². The Kier molecular flexibility index (Phi) is 31.3. The monoisotopic (exact) mass is 1840 g/mol. The van der Waals surface area contributed by atoms with E-state index in [4.69, 9.17) is 80.5 Å². The van der Waals surface area contributed by atoms with Crippen LogP contribution < -0.4 is 0 Å². The Morgan fingerprint density at radius 2 is 0.977 bits per heavy atom. The molecule has 42 nitrogen and oxygen atoms in total. The third kappa shape index (κ3) is 18.6. The SMILES string of the molecule is C=C[C@](C)(CC/C=C(\CO)C(=O)O[C@H]1C[C@]2(C(=O)O[C@@H]3O[C@H](CO)[C@@H](O)[C@H](O)[C@H]3O[C@@H]3O[C@@H](C)[C@H](O[C@@H]4O[C@@H](CO)[C@H](O)[C@H]4O)[C@@H](O[C@@H]4O[C@H](C)[C@@H](O)[C@H](O)[C@H]4O)[C@H]3O)[C@H](O)C[C@]3(C)C(=CC[C@@H]4[C@@]5(C)CC[C@H](O[C@@H]6O[C@H](CO[C@@H]7O[C@H](C)[C@H](O)[C@H](O)[C@H]7O[C@@H]7OC[C@@H](O)[C@H](O)[C@H]7O)[C@@H](O)[C@H](O)[C@H]6O)C(C)(C)[C@@H]5CC[C@]43C)[C@@H]2CC1(C)C)O[C@@H]1O[C@H](C)[C@@H](O)[C@H](O)[C@H]1O. The molecule has 23 N–H and O–H groups in total. The normalized spacial score (nSPS) is 51.9. The Morgan fingerprint density at radius 1 is 0.484 bits per heavy atom. The van der Waals surface area contributed by atoms with Crippen LogP contribution in [0.1, 0.15) is 147 Å². The number of aliphatic hydroxyl groups excluding tert-OH is 23.